The standard InChI is InChI=1S/C22H22FN3O2/c23-20-9-2-1-5-17(20)15-28-19-8-3-6-16(13-19)22-24-11-10-21(25-22)26-12-4-7-18(27)14-26/h1-3,5-6,8-11,13,18,27H,4,7,12,14-15H2. The maximum atomic E-state index is 13.8. The van der Waals surface area contributed by atoms with Crippen LogP contribution in [0.25, 0.3) is 11.4 Å². The number of halogens is 1. The Morgan fingerprint density at radius 3 is 2.89 bits per heavy atom. The number of hydrogen-bond donors (Lipinski definition) is 1. The minimum Gasteiger partial charge on any atom is -0.489 e. The van der Waals surface area contributed by atoms with E-state index in [1.54, 1.807) is 24.4 Å². The molecule has 6 heteroatoms. The normalized spacial score (nSPS) is 16.8. The Balaban J connectivity index is 1.51. The molecule has 1 unspecified atom stereocenters. The highest BCUT2D eigenvalue weighted by molar-refractivity contribution is 5.59. The predicted molar refractivity (Wildman–Crippen MR) is 106 cm³/mol. The van der Waals surface area contributed by atoms with Crippen molar-refractivity contribution in [3.8, 4) is 17.1 Å². The number of rotatable bonds is 5. The number of benzene rings is 2. The van der Waals surface area contributed by atoms with E-state index < -0.39 is 0 Å². The molecule has 0 aliphatic carbocycles. The van der Waals surface area contributed by atoms with Crippen LogP contribution < -0.4 is 9.64 Å². The van der Waals surface area contributed by atoms with Crippen LogP contribution in [0.5, 0.6) is 5.75 Å². The van der Waals surface area contributed by atoms with E-state index in [0.29, 0.717) is 23.7 Å². The van der Waals surface area contributed by atoms with Crippen LogP contribution in [0.2, 0.25) is 0 Å². The molecule has 0 bridgehead atoms. The van der Waals surface area contributed by atoms with E-state index >= 15 is 0 Å². The zero-order chi connectivity index (χ0) is 19.3. The highest BCUT2D eigenvalue weighted by Crippen LogP contribution is 2.25. The van der Waals surface area contributed by atoms with Crippen molar-refractivity contribution in [3.05, 3.63) is 72.2 Å². The van der Waals surface area contributed by atoms with Gasteiger partial charge in [-0.2, -0.15) is 0 Å². The first kappa shape index (κ1) is 18.4. The lowest BCUT2D eigenvalue weighted by atomic mass is 10.1. The lowest BCUT2D eigenvalue weighted by Crippen LogP contribution is -2.38. The summed E-state index contributed by atoms with van der Waals surface area (Å²) in [6.45, 7) is 1.62. The van der Waals surface area contributed by atoms with Gasteiger partial charge in [-0.1, -0.05) is 30.3 Å². The van der Waals surface area contributed by atoms with E-state index in [2.05, 4.69) is 14.9 Å². The van der Waals surface area contributed by atoms with Gasteiger partial charge in [0, 0.05) is 30.4 Å². The molecule has 0 spiro atoms. The van der Waals surface area contributed by atoms with Gasteiger partial charge in [0.05, 0.1) is 6.10 Å². The van der Waals surface area contributed by atoms with E-state index in [1.807, 2.05) is 30.3 Å². The van der Waals surface area contributed by atoms with E-state index in [1.165, 1.54) is 6.07 Å². The fourth-order valence-corrected chi connectivity index (χ4v) is 3.33. The first-order chi connectivity index (χ1) is 13.7. The van der Waals surface area contributed by atoms with Crippen molar-refractivity contribution in [2.45, 2.75) is 25.6 Å². The summed E-state index contributed by atoms with van der Waals surface area (Å²) in [4.78, 5) is 11.1. The first-order valence-electron chi connectivity index (χ1n) is 9.42. The number of ether oxygens (including phenoxy) is 1. The van der Waals surface area contributed by atoms with Crippen LogP contribution in [0.15, 0.2) is 60.8 Å². The Morgan fingerprint density at radius 2 is 2.04 bits per heavy atom. The monoisotopic (exact) mass is 379 g/mol. The molecule has 1 N–H and O–H groups in total. The molecular formula is C22H22FN3O2. The third kappa shape index (κ3) is 4.28. The van der Waals surface area contributed by atoms with Gasteiger partial charge in [-0.15, -0.1) is 0 Å². The molecule has 0 saturated carbocycles. The minimum atomic E-state index is -0.317. The fraction of sp³-hybridized carbons (Fsp3) is 0.273. The van der Waals surface area contributed by atoms with E-state index in [4.69, 9.17) is 4.74 Å². The first-order valence-corrected chi connectivity index (χ1v) is 9.42. The third-order valence-corrected chi connectivity index (χ3v) is 4.81. The summed E-state index contributed by atoms with van der Waals surface area (Å²) in [5.41, 5.74) is 1.33. The van der Waals surface area contributed by atoms with Crippen molar-refractivity contribution < 1.29 is 14.2 Å². The Hall–Kier alpha value is -2.99. The maximum absolute atomic E-state index is 13.8. The summed E-state index contributed by atoms with van der Waals surface area (Å²) in [5, 5.41) is 9.91. The lowest BCUT2D eigenvalue weighted by molar-refractivity contribution is 0.154. The molecule has 144 valence electrons. The molecule has 1 aliphatic rings. The molecule has 2 heterocycles. The quantitative estimate of drug-likeness (QED) is 0.730. The summed E-state index contributed by atoms with van der Waals surface area (Å²) < 4.78 is 19.5. The van der Waals surface area contributed by atoms with Crippen molar-refractivity contribution in [3.63, 3.8) is 0 Å². The number of hydrogen-bond acceptors (Lipinski definition) is 5. The van der Waals surface area contributed by atoms with Crippen molar-refractivity contribution in [2.24, 2.45) is 0 Å². The summed E-state index contributed by atoms with van der Waals surface area (Å²) in [7, 11) is 0. The second kappa shape index (κ2) is 8.35. The number of aliphatic hydroxyl groups excluding tert-OH is 1. The molecule has 28 heavy (non-hydrogen) atoms. The Kier molecular flexibility index (Phi) is 5.48. The number of nitrogens with zero attached hydrogens (tertiary/aromatic N) is 3. The van der Waals surface area contributed by atoms with Gasteiger partial charge in [0.2, 0.25) is 0 Å². The topological polar surface area (TPSA) is 58.5 Å². The fourth-order valence-electron chi connectivity index (χ4n) is 3.33. The molecule has 1 aliphatic heterocycles. The van der Waals surface area contributed by atoms with Crippen molar-refractivity contribution in [1.29, 1.82) is 0 Å². The SMILES string of the molecule is OC1CCCN(c2ccnc(-c3cccc(OCc4ccccc4F)c3)n2)C1. The van der Waals surface area contributed by atoms with E-state index in [9.17, 15) is 9.50 Å². The molecule has 1 atom stereocenters. The summed E-state index contributed by atoms with van der Waals surface area (Å²) in [6, 6.07) is 15.9. The van der Waals surface area contributed by atoms with Gasteiger partial charge in [0.15, 0.2) is 5.82 Å². The van der Waals surface area contributed by atoms with Crippen LogP contribution in [0.4, 0.5) is 10.2 Å². The molecule has 0 radical (unpaired) electrons. The molecule has 1 fully saturated rings. The van der Waals surface area contributed by atoms with Gasteiger partial charge < -0.3 is 14.7 Å². The van der Waals surface area contributed by atoms with Crippen LogP contribution in [-0.4, -0.2) is 34.3 Å². The van der Waals surface area contributed by atoms with E-state index in [-0.39, 0.29) is 18.5 Å². The lowest BCUT2D eigenvalue weighted by Gasteiger charge is -2.31. The number of aromatic nitrogens is 2. The average molecular weight is 379 g/mol. The number of anilines is 1. The third-order valence-electron chi connectivity index (χ3n) is 4.81. The molecule has 4 rings (SSSR count). The molecular weight excluding hydrogens is 357 g/mol. The summed E-state index contributed by atoms with van der Waals surface area (Å²) >= 11 is 0. The number of piperidine rings is 1. The Morgan fingerprint density at radius 1 is 1.14 bits per heavy atom. The van der Waals surface area contributed by atoms with Gasteiger partial charge in [-0.3, -0.25) is 0 Å². The van der Waals surface area contributed by atoms with Crippen LogP contribution in [0, 0.1) is 5.82 Å². The zero-order valence-electron chi connectivity index (χ0n) is 15.5. The van der Waals surface area contributed by atoms with Crippen LogP contribution in [0.1, 0.15) is 18.4 Å². The Bertz CT molecular complexity index is 950. The second-order valence-corrected chi connectivity index (χ2v) is 6.89. The van der Waals surface area contributed by atoms with Gasteiger partial charge in [0.1, 0.15) is 24.0 Å². The smallest absolute Gasteiger partial charge is 0.161 e. The van der Waals surface area contributed by atoms with Crippen LogP contribution in [-0.2, 0) is 6.61 Å². The molecule has 3 aromatic rings. The molecule has 2 aromatic carbocycles. The van der Waals surface area contributed by atoms with Crippen LogP contribution in [0.3, 0.4) is 0 Å². The largest absolute Gasteiger partial charge is 0.489 e. The highest BCUT2D eigenvalue weighted by atomic mass is 19.1. The number of aliphatic hydroxyl groups is 1. The van der Waals surface area contributed by atoms with E-state index in [0.717, 1.165) is 30.8 Å². The Labute approximate surface area is 163 Å². The molecule has 1 aromatic heterocycles. The minimum absolute atomic E-state index is 0.155. The second-order valence-electron chi connectivity index (χ2n) is 6.89. The van der Waals surface area contributed by atoms with Crippen molar-refractivity contribution >= 4 is 5.82 Å². The predicted octanol–water partition coefficient (Wildman–Crippen LogP) is 3.82. The summed E-state index contributed by atoms with van der Waals surface area (Å²) in [6.07, 6.45) is 3.18. The van der Waals surface area contributed by atoms with Gasteiger partial charge in [0.25, 0.3) is 0 Å². The molecule has 1 saturated heterocycles. The van der Waals surface area contributed by atoms with Crippen molar-refractivity contribution in [1.82, 2.24) is 9.97 Å². The van der Waals surface area contributed by atoms with Gasteiger partial charge >= 0.3 is 0 Å². The molecule has 0 amide bonds. The summed E-state index contributed by atoms with van der Waals surface area (Å²) in [5.74, 6) is 1.75. The van der Waals surface area contributed by atoms with Gasteiger partial charge in [-0.25, -0.2) is 14.4 Å². The average Bonchev–Trinajstić information content (AvgIpc) is 2.73. The molecule has 5 nitrogen and oxygen atoms in total. The van der Waals surface area contributed by atoms with Crippen LogP contribution >= 0.6 is 0 Å². The maximum Gasteiger partial charge on any atom is 0.161 e. The number of β-amino-alcohol motifs (C(OH)–C–C–N with tert-alkyl or cyclic N) is 1. The van der Waals surface area contributed by atoms with Gasteiger partial charge in [-0.05, 0) is 37.1 Å². The zero-order valence-corrected chi connectivity index (χ0v) is 15.5. The van der Waals surface area contributed by atoms with Crippen molar-refractivity contribution in [2.75, 3.05) is 18.0 Å². The highest BCUT2D eigenvalue weighted by Gasteiger charge is 2.19.